The summed E-state index contributed by atoms with van der Waals surface area (Å²) in [7, 11) is -3.10. The molecule has 18 heavy (non-hydrogen) atoms. The number of rotatable bonds is 6. The molecule has 0 radical (unpaired) electrons. The molecule has 0 aromatic heterocycles. The Morgan fingerprint density at radius 3 is 2.78 bits per heavy atom. The van der Waals surface area contributed by atoms with E-state index in [9.17, 15) is 13.2 Å². The minimum Gasteiger partial charge on any atom is -0.481 e. The Hall–Kier alpha value is -0.270. The van der Waals surface area contributed by atoms with Crippen LogP contribution in [0.4, 0.5) is 0 Å². The van der Waals surface area contributed by atoms with Crippen molar-refractivity contribution in [3.8, 4) is 0 Å². The van der Waals surface area contributed by atoms with Crippen molar-refractivity contribution in [2.24, 2.45) is 0 Å². The highest BCUT2D eigenvalue weighted by Crippen LogP contribution is 2.24. The monoisotopic (exact) mass is 295 g/mol. The van der Waals surface area contributed by atoms with Gasteiger partial charge in [0.1, 0.15) is 5.37 Å². The second kappa shape index (κ2) is 6.77. The Kier molecular flexibility index (Phi) is 5.94. The van der Waals surface area contributed by atoms with Crippen LogP contribution in [0.2, 0.25) is 0 Å². The molecule has 1 N–H and O–H groups in total. The molecule has 2 atom stereocenters. The lowest BCUT2D eigenvalue weighted by Crippen LogP contribution is -2.51. The SMILES string of the molecule is CCS(=O)(=O)C1CSCCN1C(C)CCC(=O)O. The highest BCUT2D eigenvalue weighted by Gasteiger charge is 2.35. The Bertz CT molecular complexity index is 383. The highest BCUT2D eigenvalue weighted by atomic mass is 32.2. The topological polar surface area (TPSA) is 74.7 Å². The molecule has 0 bridgehead atoms. The number of nitrogens with zero attached hydrogens (tertiary/aromatic N) is 1. The Labute approximate surface area is 113 Å². The van der Waals surface area contributed by atoms with E-state index in [1.807, 2.05) is 11.8 Å². The van der Waals surface area contributed by atoms with Crippen molar-refractivity contribution >= 4 is 27.6 Å². The molecule has 1 fully saturated rings. The molecule has 2 unspecified atom stereocenters. The van der Waals surface area contributed by atoms with E-state index in [-0.39, 0.29) is 18.2 Å². The summed E-state index contributed by atoms with van der Waals surface area (Å²) in [6.45, 7) is 4.29. The molecule has 0 saturated carbocycles. The summed E-state index contributed by atoms with van der Waals surface area (Å²) in [6, 6.07) is -0.00618. The fourth-order valence-corrected chi connectivity index (χ4v) is 5.23. The van der Waals surface area contributed by atoms with E-state index in [0.29, 0.717) is 12.2 Å². The summed E-state index contributed by atoms with van der Waals surface area (Å²) in [5.41, 5.74) is 0. The average Bonchev–Trinajstić information content (AvgIpc) is 2.36. The first-order chi connectivity index (χ1) is 8.38. The predicted molar refractivity (Wildman–Crippen MR) is 73.6 cm³/mol. The lowest BCUT2D eigenvalue weighted by Gasteiger charge is -2.38. The lowest BCUT2D eigenvalue weighted by atomic mass is 10.1. The summed E-state index contributed by atoms with van der Waals surface area (Å²) in [6.07, 6.45) is 0.583. The third-order valence-electron chi connectivity index (χ3n) is 3.28. The number of aliphatic carboxylic acids is 1. The van der Waals surface area contributed by atoms with Gasteiger partial charge in [-0.15, -0.1) is 0 Å². The molecule has 0 aromatic carbocycles. The van der Waals surface area contributed by atoms with E-state index in [0.717, 1.165) is 12.3 Å². The van der Waals surface area contributed by atoms with Gasteiger partial charge in [-0.3, -0.25) is 9.69 Å². The van der Waals surface area contributed by atoms with E-state index in [2.05, 4.69) is 0 Å². The molecule has 1 heterocycles. The van der Waals surface area contributed by atoms with E-state index >= 15 is 0 Å². The number of hydrogen-bond donors (Lipinski definition) is 1. The molecule has 0 spiro atoms. The van der Waals surface area contributed by atoms with Crippen LogP contribution in [0.1, 0.15) is 26.7 Å². The van der Waals surface area contributed by atoms with Crippen LogP contribution in [-0.4, -0.2) is 59.6 Å². The first-order valence-corrected chi connectivity index (χ1v) is 9.02. The minimum absolute atomic E-state index is 0.00618. The molecule has 1 saturated heterocycles. The third-order valence-corrected chi connectivity index (χ3v) is 6.59. The van der Waals surface area contributed by atoms with Gasteiger partial charge in [-0.05, 0) is 13.3 Å². The van der Waals surface area contributed by atoms with Gasteiger partial charge in [-0.25, -0.2) is 8.42 Å². The van der Waals surface area contributed by atoms with Gasteiger partial charge in [0.2, 0.25) is 0 Å². The Morgan fingerprint density at radius 2 is 2.22 bits per heavy atom. The summed E-state index contributed by atoms with van der Waals surface area (Å²) in [5.74, 6) is 0.810. The fourth-order valence-electron chi connectivity index (χ4n) is 2.10. The van der Waals surface area contributed by atoms with Crippen LogP contribution in [-0.2, 0) is 14.6 Å². The summed E-state index contributed by atoms with van der Waals surface area (Å²) in [5, 5.41) is 8.24. The maximum absolute atomic E-state index is 12.0. The summed E-state index contributed by atoms with van der Waals surface area (Å²) < 4.78 is 24.1. The Balaban J connectivity index is 2.73. The minimum atomic E-state index is -3.10. The molecule has 0 aromatic rings. The molecular formula is C11H21NO4S2. The summed E-state index contributed by atoms with van der Waals surface area (Å²) >= 11 is 1.65. The van der Waals surface area contributed by atoms with Gasteiger partial charge >= 0.3 is 5.97 Å². The quantitative estimate of drug-likeness (QED) is 0.789. The van der Waals surface area contributed by atoms with Gasteiger partial charge in [0.25, 0.3) is 0 Å². The van der Waals surface area contributed by atoms with E-state index in [4.69, 9.17) is 5.11 Å². The normalized spacial score (nSPS) is 23.8. The average molecular weight is 295 g/mol. The smallest absolute Gasteiger partial charge is 0.303 e. The van der Waals surface area contributed by atoms with Gasteiger partial charge in [-0.1, -0.05) is 6.92 Å². The number of carboxylic acid groups (broad SMARTS) is 1. The van der Waals surface area contributed by atoms with Crippen molar-refractivity contribution in [1.29, 1.82) is 0 Å². The van der Waals surface area contributed by atoms with Crippen LogP contribution in [0.25, 0.3) is 0 Å². The summed E-state index contributed by atoms with van der Waals surface area (Å²) in [4.78, 5) is 12.5. The molecule has 5 nitrogen and oxygen atoms in total. The highest BCUT2D eigenvalue weighted by molar-refractivity contribution is 8.01. The third kappa shape index (κ3) is 4.13. The van der Waals surface area contributed by atoms with Gasteiger partial charge in [0.05, 0.1) is 0 Å². The number of carbonyl (C=O) groups is 1. The van der Waals surface area contributed by atoms with Crippen molar-refractivity contribution in [3.63, 3.8) is 0 Å². The molecular weight excluding hydrogens is 274 g/mol. The number of carboxylic acids is 1. The zero-order valence-corrected chi connectivity index (χ0v) is 12.5. The second-order valence-corrected chi connectivity index (χ2v) is 8.10. The van der Waals surface area contributed by atoms with Crippen molar-refractivity contribution in [1.82, 2.24) is 4.90 Å². The molecule has 0 amide bonds. The van der Waals surface area contributed by atoms with Crippen LogP contribution < -0.4 is 0 Å². The number of hydrogen-bond acceptors (Lipinski definition) is 5. The molecule has 1 rings (SSSR count). The van der Waals surface area contributed by atoms with Crippen LogP contribution >= 0.6 is 11.8 Å². The van der Waals surface area contributed by atoms with E-state index in [1.165, 1.54) is 0 Å². The van der Waals surface area contributed by atoms with Crippen LogP contribution in [0.15, 0.2) is 0 Å². The zero-order chi connectivity index (χ0) is 13.8. The van der Waals surface area contributed by atoms with Crippen LogP contribution in [0, 0.1) is 0 Å². The maximum atomic E-state index is 12.0. The van der Waals surface area contributed by atoms with E-state index < -0.39 is 21.2 Å². The van der Waals surface area contributed by atoms with Gasteiger partial charge in [-0.2, -0.15) is 11.8 Å². The number of sulfone groups is 1. The van der Waals surface area contributed by atoms with Crippen LogP contribution in [0.3, 0.4) is 0 Å². The van der Waals surface area contributed by atoms with Crippen molar-refractivity contribution in [3.05, 3.63) is 0 Å². The van der Waals surface area contributed by atoms with Crippen LogP contribution in [0.5, 0.6) is 0 Å². The van der Waals surface area contributed by atoms with E-state index in [1.54, 1.807) is 18.7 Å². The lowest BCUT2D eigenvalue weighted by molar-refractivity contribution is -0.137. The largest absolute Gasteiger partial charge is 0.481 e. The standard InChI is InChI=1S/C11H21NO4S2/c1-3-18(15,16)10-8-17-7-6-12(10)9(2)4-5-11(13)14/h9-10H,3-8H2,1-2H3,(H,13,14). The molecule has 1 aliphatic rings. The first kappa shape index (κ1) is 15.8. The van der Waals surface area contributed by atoms with Gasteiger partial charge < -0.3 is 5.11 Å². The molecule has 0 aliphatic carbocycles. The maximum Gasteiger partial charge on any atom is 0.303 e. The second-order valence-electron chi connectivity index (χ2n) is 4.50. The first-order valence-electron chi connectivity index (χ1n) is 6.15. The zero-order valence-electron chi connectivity index (χ0n) is 10.8. The predicted octanol–water partition coefficient (Wildman–Crippen LogP) is 1.05. The molecule has 1 aliphatic heterocycles. The van der Waals surface area contributed by atoms with Gasteiger partial charge in [0, 0.05) is 36.3 Å². The Morgan fingerprint density at radius 1 is 1.56 bits per heavy atom. The van der Waals surface area contributed by atoms with Crippen molar-refractivity contribution in [2.45, 2.75) is 38.1 Å². The number of thioether (sulfide) groups is 1. The molecule has 106 valence electrons. The van der Waals surface area contributed by atoms with Gasteiger partial charge in [0.15, 0.2) is 9.84 Å². The van der Waals surface area contributed by atoms with Crippen molar-refractivity contribution in [2.75, 3.05) is 23.8 Å². The fraction of sp³-hybridized carbons (Fsp3) is 0.909. The molecule has 7 heteroatoms. The van der Waals surface area contributed by atoms with Crippen molar-refractivity contribution < 1.29 is 18.3 Å².